The van der Waals surface area contributed by atoms with E-state index in [4.69, 9.17) is 4.74 Å². The number of hydrogen-bond donors (Lipinski definition) is 1. The molecule has 4 rings (SSSR count). The van der Waals surface area contributed by atoms with Gasteiger partial charge in [-0.2, -0.15) is 5.10 Å². The molecule has 1 aliphatic rings. The summed E-state index contributed by atoms with van der Waals surface area (Å²) in [6.45, 7) is 5.89. The van der Waals surface area contributed by atoms with Gasteiger partial charge in [0, 0.05) is 37.5 Å². The summed E-state index contributed by atoms with van der Waals surface area (Å²) in [5.74, 6) is 0.754. The van der Waals surface area contributed by atoms with Crippen LogP contribution in [0.5, 0.6) is 5.75 Å². The molecule has 1 fully saturated rings. The third-order valence-corrected chi connectivity index (χ3v) is 5.08. The molecule has 3 aromatic rings. The van der Waals surface area contributed by atoms with Crippen molar-refractivity contribution in [1.29, 1.82) is 0 Å². The molecule has 1 atom stereocenters. The molecule has 0 radical (unpaired) electrons. The monoisotopic (exact) mass is 401 g/mol. The minimum absolute atomic E-state index is 0. The van der Waals surface area contributed by atoms with Crippen LogP contribution >= 0.6 is 12.4 Å². The number of aromatic nitrogens is 3. The van der Waals surface area contributed by atoms with Crippen LogP contribution in [-0.2, 0) is 0 Å². The lowest BCUT2D eigenvalue weighted by atomic mass is 10.0. The van der Waals surface area contributed by atoms with Gasteiger partial charge in [-0.1, -0.05) is 18.2 Å². The summed E-state index contributed by atoms with van der Waals surface area (Å²) in [6.07, 6.45) is 1.66. The summed E-state index contributed by atoms with van der Waals surface area (Å²) in [4.78, 5) is 19.8. The van der Waals surface area contributed by atoms with Gasteiger partial charge in [-0.15, -0.1) is 12.4 Å². The highest BCUT2D eigenvalue weighted by atomic mass is 35.5. The molecule has 0 bridgehead atoms. The molecule has 28 heavy (non-hydrogen) atoms. The number of carbonyl (C=O) groups is 1. The molecule has 1 aromatic carbocycles. The van der Waals surface area contributed by atoms with Gasteiger partial charge in [-0.3, -0.25) is 4.79 Å². The Morgan fingerprint density at radius 2 is 2.07 bits per heavy atom. The number of piperazine rings is 1. The van der Waals surface area contributed by atoms with Crippen molar-refractivity contribution in [2.75, 3.05) is 26.7 Å². The molecule has 8 heteroatoms. The van der Waals surface area contributed by atoms with Crippen molar-refractivity contribution in [3.63, 3.8) is 0 Å². The first-order chi connectivity index (χ1) is 13.1. The number of methoxy groups -OCH3 is 1. The van der Waals surface area contributed by atoms with Gasteiger partial charge in [0.05, 0.1) is 30.1 Å². The molecule has 1 saturated heterocycles. The maximum atomic E-state index is 13.4. The molecule has 1 N–H and O–H groups in total. The van der Waals surface area contributed by atoms with Crippen molar-refractivity contribution in [3.8, 4) is 5.75 Å². The number of rotatable bonds is 3. The number of fused-ring (bicyclic) bond motifs is 1. The molecule has 1 amide bonds. The average Bonchev–Trinajstić information content (AvgIpc) is 3.09. The van der Waals surface area contributed by atoms with Crippen molar-refractivity contribution >= 4 is 24.0 Å². The molecule has 0 aliphatic carbocycles. The molecule has 3 heterocycles. The SMILES string of the molecule is COc1ccccc1C1CNCCN1C(=O)c1cnc2cc(C)nn2c1C.Cl. The number of halogens is 1. The molecule has 7 nitrogen and oxygen atoms in total. The minimum atomic E-state index is -0.100. The summed E-state index contributed by atoms with van der Waals surface area (Å²) in [5.41, 5.74) is 4.01. The molecular weight excluding hydrogens is 378 g/mol. The zero-order valence-electron chi connectivity index (χ0n) is 16.2. The van der Waals surface area contributed by atoms with E-state index < -0.39 is 0 Å². The summed E-state index contributed by atoms with van der Waals surface area (Å²) >= 11 is 0. The van der Waals surface area contributed by atoms with Gasteiger partial charge < -0.3 is 15.0 Å². The van der Waals surface area contributed by atoms with Gasteiger partial charge in [0.25, 0.3) is 5.91 Å². The van der Waals surface area contributed by atoms with Crippen LogP contribution < -0.4 is 10.1 Å². The normalized spacial score (nSPS) is 16.7. The van der Waals surface area contributed by atoms with Crippen LogP contribution in [-0.4, -0.2) is 52.1 Å². The second-order valence-corrected chi connectivity index (χ2v) is 6.77. The van der Waals surface area contributed by atoms with E-state index >= 15 is 0 Å². The van der Waals surface area contributed by atoms with E-state index in [0.717, 1.165) is 34.9 Å². The first kappa shape index (κ1) is 20.1. The average molecular weight is 402 g/mol. The standard InChI is InChI=1S/C20H23N5O2.ClH/c1-13-10-19-22-11-16(14(2)25(19)23-13)20(26)24-9-8-21-12-17(24)15-6-4-5-7-18(15)27-3;/h4-7,10-11,17,21H,8-9,12H2,1-3H3;1H. The lowest BCUT2D eigenvalue weighted by Crippen LogP contribution is -2.49. The highest BCUT2D eigenvalue weighted by Crippen LogP contribution is 2.31. The fraction of sp³-hybridized carbons (Fsp3) is 0.350. The molecular formula is C20H24ClN5O2. The van der Waals surface area contributed by atoms with E-state index in [2.05, 4.69) is 15.4 Å². The zero-order chi connectivity index (χ0) is 19.0. The molecule has 0 spiro atoms. The Hall–Kier alpha value is -2.64. The van der Waals surface area contributed by atoms with E-state index in [9.17, 15) is 4.79 Å². The highest BCUT2D eigenvalue weighted by molar-refractivity contribution is 5.95. The van der Waals surface area contributed by atoms with Gasteiger partial charge in [-0.25, -0.2) is 9.50 Å². The van der Waals surface area contributed by atoms with Crippen LogP contribution in [0.15, 0.2) is 36.5 Å². The number of ether oxygens (including phenoxy) is 1. The van der Waals surface area contributed by atoms with Crippen LogP contribution in [0.4, 0.5) is 0 Å². The number of benzene rings is 1. The number of nitrogens with zero attached hydrogens (tertiary/aromatic N) is 4. The smallest absolute Gasteiger partial charge is 0.257 e. The second kappa shape index (κ2) is 8.16. The number of carbonyl (C=O) groups excluding carboxylic acids is 1. The maximum Gasteiger partial charge on any atom is 0.257 e. The zero-order valence-corrected chi connectivity index (χ0v) is 17.0. The first-order valence-electron chi connectivity index (χ1n) is 9.06. The quantitative estimate of drug-likeness (QED) is 0.730. The lowest BCUT2D eigenvalue weighted by Gasteiger charge is -2.37. The topological polar surface area (TPSA) is 71.8 Å². The third-order valence-electron chi connectivity index (χ3n) is 5.08. The molecule has 148 valence electrons. The van der Waals surface area contributed by atoms with Gasteiger partial charge in [0.15, 0.2) is 5.65 Å². The Morgan fingerprint density at radius 1 is 1.29 bits per heavy atom. The van der Waals surface area contributed by atoms with Crippen LogP contribution in [0.2, 0.25) is 0 Å². The minimum Gasteiger partial charge on any atom is -0.496 e. The van der Waals surface area contributed by atoms with Gasteiger partial charge >= 0.3 is 0 Å². The van der Waals surface area contributed by atoms with Crippen LogP contribution in [0, 0.1) is 13.8 Å². The van der Waals surface area contributed by atoms with Gasteiger partial charge in [-0.05, 0) is 19.9 Å². The second-order valence-electron chi connectivity index (χ2n) is 6.77. The summed E-state index contributed by atoms with van der Waals surface area (Å²) in [7, 11) is 1.66. The van der Waals surface area contributed by atoms with Crippen molar-refractivity contribution < 1.29 is 9.53 Å². The molecule has 1 unspecified atom stereocenters. The van der Waals surface area contributed by atoms with Crippen LogP contribution in [0.1, 0.15) is 33.4 Å². The number of amides is 1. The van der Waals surface area contributed by atoms with Crippen LogP contribution in [0.3, 0.4) is 0 Å². The Kier molecular flexibility index (Phi) is 5.86. The Bertz CT molecular complexity index is 1000. The number of nitrogens with one attached hydrogen (secondary N) is 1. The Morgan fingerprint density at radius 3 is 2.86 bits per heavy atom. The highest BCUT2D eigenvalue weighted by Gasteiger charge is 2.31. The van der Waals surface area contributed by atoms with Crippen molar-refractivity contribution in [3.05, 3.63) is 59.0 Å². The largest absolute Gasteiger partial charge is 0.496 e. The van der Waals surface area contributed by atoms with Gasteiger partial charge in [0.1, 0.15) is 5.75 Å². The Balaban J connectivity index is 0.00000225. The third kappa shape index (κ3) is 3.43. The van der Waals surface area contributed by atoms with E-state index in [0.29, 0.717) is 18.7 Å². The lowest BCUT2D eigenvalue weighted by molar-refractivity contribution is 0.0629. The summed E-state index contributed by atoms with van der Waals surface area (Å²) in [5, 5.41) is 7.84. The van der Waals surface area contributed by atoms with Gasteiger partial charge in [0.2, 0.25) is 0 Å². The van der Waals surface area contributed by atoms with E-state index in [-0.39, 0.29) is 24.4 Å². The fourth-order valence-corrected chi connectivity index (χ4v) is 3.69. The van der Waals surface area contributed by atoms with Crippen LogP contribution in [0.25, 0.3) is 5.65 Å². The van der Waals surface area contributed by atoms with Crippen molar-refractivity contribution in [1.82, 2.24) is 24.8 Å². The summed E-state index contributed by atoms with van der Waals surface area (Å²) in [6, 6.07) is 9.66. The molecule has 1 aliphatic heterocycles. The first-order valence-corrected chi connectivity index (χ1v) is 9.06. The predicted octanol–water partition coefficient (Wildman–Crippen LogP) is 2.56. The molecule has 0 saturated carbocycles. The number of aryl methyl sites for hydroxylation is 2. The Labute approximate surface area is 170 Å². The number of para-hydroxylation sites is 1. The maximum absolute atomic E-state index is 13.4. The summed E-state index contributed by atoms with van der Waals surface area (Å²) < 4.78 is 7.26. The molecule has 2 aromatic heterocycles. The van der Waals surface area contributed by atoms with Crippen molar-refractivity contribution in [2.45, 2.75) is 19.9 Å². The van der Waals surface area contributed by atoms with E-state index in [1.807, 2.05) is 49.1 Å². The fourth-order valence-electron chi connectivity index (χ4n) is 3.69. The van der Waals surface area contributed by atoms with E-state index in [1.165, 1.54) is 0 Å². The predicted molar refractivity (Wildman–Crippen MR) is 109 cm³/mol. The van der Waals surface area contributed by atoms with E-state index in [1.54, 1.807) is 17.8 Å². The number of hydrogen-bond acceptors (Lipinski definition) is 5. The van der Waals surface area contributed by atoms with Crippen molar-refractivity contribution in [2.24, 2.45) is 0 Å².